The lowest BCUT2D eigenvalue weighted by Crippen LogP contribution is -2.35. The molecule has 0 aromatic heterocycles. The minimum absolute atomic E-state index is 0.0438. The molecular weight excluding hydrogens is 329 g/mol. The first-order valence-electron chi connectivity index (χ1n) is 5.50. The standard InChI is InChI=1S/C11H12BrF3N2O2/c12-7-1-6(2-9-10(7)19-5-18-9)8(3-16)17-4-11(13,14)15/h1-2,8,17H,3-5,16H2. The molecule has 1 aromatic rings. The molecule has 0 saturated carbocycles. The molecule has 4 nitrogen and oxygen atoms in total. The van der Waals surface area contributed by atoms with Crippen LogP contribution in [0.1, 0.15) is 11.6 Å². The summed E-state index contributed by atoms with van der Waals surface area (Å²) in [4.78, 5) is 0. The Balaban J connectivity index is 2.17. The fourth-order valence-electron chi connectivity index (χ4n) is 1.76. The lowest BCUT2D eigenvalue weighted by atomic mass is 10.1. The molecule has 1 unspecified atom stereocenters. The van der Waals surface area contributed by atoms with E-state index in [1.807, 2.05) is 0 Å². The third-order valence-electron chi connectivity index (χ3n) is 2.64. The normalized spacial score (nSPS) is 15.6. The van der Waals surface area contributed by atoms with Gasteiger partial charge in [0.1, 0.15) is 0 Å². The summed E-state index contributed by atoms with van der Waals surface area (Å²) in [5, 5.41) is 2.38. The molecule has 0 amide bonds. The summed E-state index contributed by atoms with van der Waals surface area (Å²) < 4.78 is 47.7. The van der Waals surface area contributed by atoms with Crippen molar-refractivity contribution in [3.8, 4) is 11.5 Å². The summed E-state index contributed by atoms with van der Waals surface area (Å²) in [5.41, 5.74) is 6.13. The van der Waals surface area contributed by atoms with Gasteiger partial charge in [0.05, 0.1) is 11.0 Å². The molecule has 3 N–H and O–H groups in total. The maximum atomic E-state index is 12.2. The van der Waals surface area contributed by atoms with E-state index in [0.717, 1.165) is 0 Å². The number of alkyl halides is 3. The van der Waals surface area contributed by atoms with Gasteiger partial charge in [-0.25, -0.2) is 0 Å². The van der Waals surface area contributed by atoms with Crippen molar-refractivity contribution in [1.82, 2.24) is 5.32 Å². The van der Waals surface area contributed by atoms with Crippen molar-refractivity contribution in [3.63, 3.8) is 0 Å². The minimum atomic E-state index is -4.28. The highest BCUT2D eigenvalue weighted by molar-refractivity contribution is 9.10. The topological polar surface area (TPSA) is 56.5 Å². The second kappa shape index (κ2) is 5.56. The highest BCUT2D eigenvalue weighted by Gasteiger charge is 2.29. The zero-order valence-electron chi connectivity index (χ0n) is 9.76. The molecule has 0 fully saturated rings. The molecule has 1 heterocycles. The lowest BCUT2D eigenvalue weighted by Gasteiger charge is -2.19. The van der Waals surface area contributed by atoms with E-state index < -0.39 is 18.8 Å². The molecule has 1 aliphatic rings. The van der Waals surface area contributed by atoms with Gasteiger partial charge in [-0.2, -0.15) is 13.2 Å². The Hall–Kier alpha value is -0.990. The second-order valence-electron chi connectivity index (χ2n) is 4.02. The summed E-state index contributed by atoms with van der Waals surface area (Å²) >= 11 is 3.29. The van der Waals surface area contributed by atoms with E-state index in [0.29, 0.717) is 21.5 Å². The van der Waals surface area contributed by atoms with Crippen molar-refractivity contribution in [3.05, 3.63) is 22.2 Å². The molecule has 0 saturated heterocycles. The molecule has 2 rings (SSSR count). The second-order valence-corrected chi connectivity index (χ2v) is 4.88. The number of hydrogen-bond donors (Lipinski definition) is 2. The van der Waals surface area contributed by atoms with Crippen LogP contribution in [0.25, 0.3) is 0 Å². The van der Waals surface area contributed by atoms with Gasteiger partial charge >= 0.3 is 6.18 Å². The van der Waals surface area contributed by atoms with Gasteiger partial charge in [-0.3, -0.25) is 0 Å². The number of benzene rings is 1. The molecule has 0 bridgehead atoms. The zero-order valence-corrected chi connectivity index (χ0v) is 11.3. The largest absolute Gasteiger partial charge is 0.454 e. The average molecular weight is 341 g/mol. The van der Waals surface area contributed by atoms with E-state index in [2.05, 4.69) is 21.2 Å². The summed E-state index contributed by atoms with van der Waals surface area (Å²) in [5.74, 6) is 1.05. The van der Waals surface area contributed by atoms with Crippen LogP contribution in [-0.4, -0.2) is 26.1 Å². The van der Waals surface area contributed by atoms with Gasteiger partial charge in [0.25, 0.3) is 0 Å². The zero-order chi connectivity index (χ0) is 14.0. The Morgan fingerprint density at radius 3 is 2.74 bits per heavy atom. The van der Waals surface area contributed by atoms with E-state index in [4.69, 9.17) is 15.2 Å². The highest BCUT2D eigenvalue weighted by atomic mass is 79.9. The van der Waals surface area contributed by atoms with Crippen LogP contribution < -0.4 is 20.5 Å². The van der Waals surface area contributed by atoms with Crippen LogP contribution in [0.15, 0.2) is 16.6 Å². The summed E-state index contributed by atoms with van der Waals surface area (Å²) in [6, 6.07) is 2.70. The smallest absolute Gasteiger partial charge is 0.401 e. The molecule has 8 heteroatoms. The molecule has 0 radical (unpaired) electrons. The van der Waals surface area contributed by atoms with E-state index in [-0.39, 0.29) is 13.3 Å². The maximum absolute atomic E-state index is 12.2. The van der Waals surface area contributed by atoms with E-state index in [9.17, 15) is 13.2 Å². The van der Waals surface area contributed by atoms with Gasteiger partial charge in [0.2, 0.25) is 6.79 Å². The molecule has 1 atom stereocenters. The fraction of sp³-hybridized carbons (Fsp3) is 0.455. The van der Waals surface area contributed by atoms with Gasteiger partial charge in [0.15, 0.2) is 11.5 Å². The first-order valence-corrected chi connectivity index (χ1v) is 6.29. The number of hydrogen-bond acceptors (Lipinski definition) is 4. The summed E-state index contributed by atoms with van der Waals surface area (Å²) in [6.07, 6.45) is -4.28. The van der Waals surface area contributed by atoms with Gasteiger partial charge in [-0.15, -0.1) is 0 Å². The quantitative estimate of drug-likeness (QED) is 0.883. The van der Waals surface area contributed by atoms with Crippen LogP contribution in [0.3, 0.4) is 0 Å². The van der Waals surface area contributed by atoms with Crippen molar-refractivity contribution in [1.29, 1.82) is 0 Å². The Morgan fingerprint density at radius 2 is 2.11 bits per heavy atom. The van der Waals surface area contributed by atoms with E-state index in [1.54, 1.807) is 12.1 Å². The summed E-state index contributed by atoms with van der Waals surface area (Å²) in [7, 11) is 0. The number of fused-ring (bicyclic) bond motifs is 1. The van der Waals surface area contributed by atoms with Crippen LogP contribution in [-0.2, 0) is 0 Å². The van der Waals surface area contributed by atoms with Gasteiger partial charge in [0, 0.05) is 12.6 Å². The Morgan fingerprint density at radius 1 is 1.37 bits per heavy atom. The number of nitrogens with two attached hydrogens (primary N) is 1. The first kappa shape index (κ1) is 14.4. The Kier molecular flexibility index (Phi) is 4.22. The lowest BCUT2D eigenvalue weighted by molar-refractivity contribution is -0.126. The monoisotopic (exact) mass is 340 g/mol. The molecule has 0 aliphatic carbocycles. The molecule has 19 heavy (non-hydrogen) atoms. The number of ether oxygens (including phenoxy) is 2. The van der Waals surface area contributed by atoms with E-state index in [1.165, 1.54) is 0 Å². The SMILES string of the molecule is NCC(NCC(F)(F)F)c1cc(Br)c2c(c1)OCO2. The predicted molar refractivity (Wildman–Crippen MR) is 66.1 cm³/mol. The third-order valence-corrected chi connectivity index (χ3v) is 3.23. The van der Waals surface area contributed by atoms with E-state index >= 15 is 0 Å². The Bertz CT molecular complexity index is 468. The molecule has 1 aromatic carbocycles. The van der Waals surface area contributed by atoms with Crippen LogP contribution >= 0.6 is 15.9 Å². The van der Waals surface area contributed by atoms with Crippen molar-refractivity contribution in [2.45, 2.75) is 12.2 Å². The van der Waals surface area contributed by atoms with Crippen molar-refractivity contribution >= 4 is 15.9 Å². The predicted octanol–water partition coefficient (Wildman–Crippen LogP) is 2.33. The number of nitrogens with one attached hydrogen (secondary N) is 1. The van der Waals surface area contributed by atoms with Gasteiger partial charge < -0.3 is 20.5 Å². The third kappa shape index (κ3) is 3.52. The number of rotatable bonds is 4. The highest BCUT2D eigenvalue weighted by Crippen LogP contribution is 2.41. The van der Waals surface area contributed by atoms with Crippen molar-refractivity contribution in [2.24, 2.45) is 5.73 Å². The Labute approximate surface area is 116 Å². The molecular formula is C11H12BrF3N2O2. The van der Waals surface area contributed by atoms with Gasteiger partial charge in [-0.1, -0.05) is 0 Å². The van der Waals surface area contributed by atoms with Gasteiger partial charge in [-0.05, 0) is 33.6 Å². The van der Waals surface area contributed by atoms with Crippen LogP contribution in [0.5, 0.6) is 11.5 Å². The van der Waals surface area contributed by atoms with Crippen molar-refractivity contribution < 1.29 is 22.6 Å². The molecule has 0 spiro atoms. The minimum Gasteiger partial charge on any atom is -0.454 e. The average Bonchev–Trinajstić information content (AvgIpc) is 2.77. The van der Waals surface area contributed by atoms with Crippen LogP contribution in [0.4, 0.5) is 13.2 Å². The van der Waals surface area contributed by atoms with Crippen molar-refractivity contribution in [2.75, 3.05) is 19.9 Å². The maximum Gasteiger partial charge on any atom is 0.401 e. The summed E-state index contributed by atoms with van der Waals surface area (Å²) in [6.45, 7) is -0.955. The fourth-order valence-corrected chi connectivity index (χ4v) is 2.34. The van der Waals surface area contributed by atoms with Crippen LogP contribution in [0, 0.1) is 0 Å². The molecule has 106 valence electrons. The first-order chi connectivity index (χ1) is 8.90. The molecule has 1 aliphatic heterocycles. The number of halogens is 4. The van der Waals surface area contributed by atoms with Crippen LogP contribution in [0.2, 0.25) is 0 Å².